The molecule has 2 aromatic rings. The van der Waals surface area contributed by atoms with Crippen molar-refractivity contribution in [2.45, 2.75) is 25.3 Å². The molecule has 0 spiro atoms. The van der Waals surface area contributed by atoms with Crippen molar-refractivity contribution in [2.75, 3.05) is 20.8 Å². The van der Waals surface area contributed by atoms with Gasteiger partial charge in [0.1, 0.15) is 0 Å². The Bertz CT molecular complexity index is 606. The fourth-order valence-corrected chi connectivity index (χ4v) is 2.53. The predicted octanol–water partition coefficient (Wildman–Crippen LogP) is 2.57. The molecule has 1 N–H and O–H groups in total. The van der Waals surface area contributed by atoms with E-state index in [1.165, 1.54) is 12.8 Å². The van der Waals surface area contributed by atoms with E-state index in [2.05, 4.69) is 15.5 Å². The Morgan fingerprint density at radius 2 is 2.05 bits per heavy atom. The summed E-state index contributed by atoms with van der Waals surface area (Å²) in [6.45, 7) is 0.999. The van der Waals surface area contributed by atoms with Gasteiger partial charge >= 0.3 is 0 Å². The Balaban J connectivity index is 1.85. The highest BCUT2D eigenvalue weighted by molar-refractivity contribution is 5.60. The molecule has 3 rings (SSSR count). The zero-order valence-electron chi connectivity index (χ0n) is 12.3. The summed E-state index contributed by atoms with van der Waals surface area (Å²) >= 11 is 0. The summed E-state index contributed by atoms with van der Waals surface area (Å²) < 4.78 is 15.9. The Hall–Kier alpha value is -2.08. The molecule has 1 aliphatic rings. The van der Waals surface area contributed by atoms with Crippen LogP contribution < -0.4 is 14.8 Å². The molecule has 1 aromatic carbocycles. The van der Waals surface area contributed by atoms with E-state index in [9.17, 15) is 0 Å². The van der Waals surface area contributed by atoms with Gasteiger partial charge in [-0.3, -0.25) is 0 Å². The minimum atomic E-state index is 0.167. The minimum Gasteiger partial charge on any atom is -0.493 e. The first-order valence-electron chi connectivity index (χ1n) is 7.11. The number of nitrogens with one attached hydrogen (secondary N) is 1. The second-order valence-electron chi connectivity index (χ2n) is 5.03. The van der Waals surface area contributed by atoms with E-state index in [-0.39, 0.29) is 6.04 Å². The van der Waals surface area contributed by atoms with Crippen molar-refractivity contribution in [1.82, 2.24) is 15.5 Å². The van der Waals surface area contributed by atoms with Crippen molar-refractivity contribution in [3.8, 4) is 22.9 Å². The fourth-order valence-electron chi connectivity index (χ4n) is 2.53. The number of piperidine rings is 1. The summed E-state index contributed by atoms with van der Waals surface area (Å²) in [4.78, 5) is 4.50. The first-order valence-corrected chi connectivity index (χ1v) is 7.11. The molecule has 1 atom stereocenters. The first kappa shape index (κ1) is 13.9. The SMILES string of the molecule is COc1ccc(-c2noc([C@@H]3CCCCN3)n2)cc1OC. The summed E-state index contributed by atoms with van der Waals surface area (Å²) in [6.07, 6.45) is 3.42. The van der Waals surface area contributed by atoms with Gasteiger partial charge in [0.2, 0.25) is 11.7 Å². The molecule has 112 valence electrons. The van der Waals surface area contributed by atoms with Crippen molar-refractivity contribution in [3.05, 3.63) is 24.1 Å². The lowest BCUT2D eigenvalue weighted by atomic mass is 10.1. The summed E-state index contributed by atoms with van der Waals surface area (Å²) in [7, 11) is 3.22. The standard InChI is InChI=1S/C15H19N3O3/c1-19-12-7-6-10(9-13(12)20-2)14-17-15(21-18-14)11-5-3-4-8-16-11/h6-7,9,11,16H,3-5,8H2,1-2H3/t11-/m0/s1. The van der Waals surface area contributed by atoms with Crippen LogP contribution in [0.2, 0.25) is 0 Å². The molecule has 0 unspecified atom stereocenters. The van der Waals surface area contributed by atoms with Crippen molar-refractivity contribution < 1.29 is 14.0 Å². The molecule has 1 fully saturated rings. The lowest BCUT2D eigenvalue weighted by Crippen LogP contribution is -2.26. The number of hydrogen-bond donors (Lipinski definition) is 1. The molecular weight excluding hydrogens is 270 g/mol. The van der Waals surface area contributed by atoms with Gasteiger partial charge in [0.15, 0.2) is 11.5 Å². The molecule has 0 saturated carbocycles. The van der Waals surface area contributed by atoms with E-state index < -0.39 is 0 Å². The number of aromatic nitrogens is 2. The van der Waals surface area contributed by atoms with Crippen molar-refractivity contribution in [1.29, 1.82) is 0 Å². The van der Waals surface area contributed by atoms with Crippen LogP contribution in [0.3, 0.4) is 0 Å². The molecule has 1 aromatic heterocycles. The second-order valence-corrected chi connectivity index (χ2v) is 5.03. The lowest BCUT2D eigenvalue weighted by Gasteiger charge is -2.19. The molecule has 0 aliphatic carbocycles. The maximum absolute atomic E-state index is 5.39. The smallest absolute Gasteiger partial charge is 0.244 e. The maximum atomic E-state index is 5.39. The van der Waals surface area contributed by atoms with E-state index in [1.807, 2.05) is 18.2 Å². The zero-order valence-corrected chi connectivity index (χ0v) is 12.3. The van der Waals surface area contributed by atoms with Crippen LogP contribution in [-0.2, 0) is 0 Å². The summed E-state index contributed by atoms with van der Waals surface area (Å²) in [6, 6.07) is 5.75. The van der Waals surface area contributed by atoms with Crippen LogP contribution in [0.1, 0.15) is 31.2 Å². The van der Waals surface area contributed by atoms with Gasteiger partial charge in [-0.05, 0) is 37.6 Å². The van der Waals surface area contributed by atoms with Gasteiger partial charge < -0.3 is 19.3 Å². The number of hydrogen-bond acceptors (Lipinski definition) is 6. The summed E-state index contributed by atoms with van der Waals surface area (Å²) in [5.41, 5.74) is 0.846. The van der Waals surface area contributed by atoms with Gasteiger partial charge in [0.25, 0.3) is 0 Å². The maximum Gasteiger partial charge on any atom is 0.244 e. The van der Waals surface area contributed by atoms with Gasteiger partial charge in [-0.25, -0.2) is 0 Å². The average Bonchev–Trinajstić information content (AvgIpc) is 3.05. The molecule has 6 heteroatoms. The third-order valence-electron chi connectivity index (χ3n) is 3.69. The van der Waals surface area contributed by atoms with Gasteiger partial charge in [-0.2, -0.15) is 4.98 Å². The van der Waals surface area contributed by atoms with Gasteiger partial charge in [-0.1, -0.05) is 11.6 Å². The van der Waals surface area contributed by atoms with Crippen LogP contribution in [-0.4, -0.2) is 30.9 Å². The summed E-state index contributed by atoms with van der Waals surface area (Å²) in [5, 5.41) is 7.47. The Morgan fingerprint density at radius 1 is 1.19 bits per heavy atom. The van der Waals surface area contributed by atoms with E-state index in [0.717, 1.165) is 18.5 Å². The van der Waals surface area contributed by atoms with Gasteiger partial charge in [-0.15, -0.1) is 0 Å². The molecule has 1 aliphatic heterocycles. The topological polar surface area (TPSA) is 69.4 Å². The van der Waals surface area contributed by atoms with Crippen molar-refractivity contribution >= 4 is 0 Å². The highest BCUT2D eigenvalue weighted by atomic mass is 16.5. The first-order chi connectivity index (χ1) is 10.3. The third-order valence-corrected chi connectivity index (χ3v) is 3.69. The predicted molar refractivity (Wildman–Crippen MR) is 77.4 cm³/mol. The second kappa shape index (κ2) is 6.13. The minimum absolute atomic E-state index is 0.167. The molecule has 21 heavy (non-hydrogen) atoms. The van der Waals surface area contributed by atoms with E-state index >= 15 is 0 Å². The highest BCUT2D eigenvalue weighted by Crippen LogP contribution is 2.32. The van der Waals surface area contributed by atoms with E-state index in [0.29, 0.717) is 23.2 Å². The van der Waals surface area contributed by atoms with Crippen LogP contribution in [0.15, 0.2) is 22.7 Å². The molecule has 0 amide bonds. The third kappa shape index (κ3) is 2.85. The molecular formula is C15H19N3O3. The Kier molecular flexibility index (Phi) is 4.06. The lowest BCUT2D eigenvalue weighted by molar-refractivity contribution is 0.297. The zero-order chi connectivity index (χ0) is 14.7. The van der Waals surface area contributed by atoms with Crippen LogP contribution in [0.25, 0.3) is 11.4 Å². The van der Waals surface area contributed by atoms with E-state index in [4.69, 9.17) is 14.0 Å². The van der Waals surface area contributed by atoms with Crippen LogP contribution in [0, 0.1) is 0 Å². The molecule has 2 heterocycles. The fraction of sp³-hybridized carbons (Fsp3) is 0.467. The monoisotopic (exact) mass is 289 g/mol. The number of rotatable bonds is 4. The largest absolute Gasteiger partial charge is 0.493 e. The van der Waals surface area contributed by atoms with E-state index in [1.54, 1.807) is 14.2 Å². The number of nitrogens with zero attached hydrogens (tertiary/aromatic N) is 2. The van der Waals surface area contributed by atoms with Crippen LogP contribution >= 0.6 is 0 Å². The average molecular weight is 289 g/mol. The number of benzene rings is 1. The Labute approximate surface area is 123 Å². The molecule has 6 nitrogen and oxygen atoms in total. The number of methoxy groups -OCH3 is 2. The molecule has 1 saturated heterocycles. The Morgan fingerprint density at radius 3 is 2.76 bits per heavy atom. The van der Waals surface area contributed by atoms with Gasteiger partial charge in [0, 0.05) is 5.56 Å². The molecule has 0 bridgehead atoms. The molecule has 0 radical (unpaired) electrons. The quantitative estimate of drug-likeness (QED) is 0.933. The van der Waals surface area contributed by atoms with Gasteiger partial charge in [0.05, 0.1) is 20.3 Å². The normalized spacial score (nSPS) is 18.5. The summed E-state index contributed by atoms with van der Waals surface area (Å²) in [5.74, 6) is 2.55. The van der Waals surface area contributed by atoms with Crippen molar-refractivity contribution in [3.63, 3.8) is 0 Å². The van der Waals surface area contributed by atoms with Crippen LogP contribution in [0.4, 0.5) is 0 Å². The highest BCUT2D eigenvalue weighted by Gasteiger charge is 2.21. The van der Waals surface area contributed by atoms with Crippen LogP contribution in [0.5, 0.6) is 11.5 Å². The number of ether oxygens (including phenoxy) is 2. The van der Waals surface area contributed by atoms with Crippen molar-refractivity contribution in [2.24, 2.45) is 0 Å².